The number of aryl methyl sites for hydroxylation is 1. The Labute approximate surface area is 169 Å². The Kier molecular flexibility index (Phi) is 6.75. The van der Waals surface area contributed by atoms with E-state index < -0.39 is 11.6 Å². The summed E-state index contributed by atoms with van der Waals surface area (Å²) in [6, 6.07) is 13.1. The molecule has 1 unspecified atom stereocenters. The number of benzene rings is 2. The number of carbonyl (C=O) groups is 1. The summed E-state index contributed by atoms with van der Waals surface area (Å²) in [5.41, 5.74) is 1.20. The Hall–Kier alpha value is -3.02. The maximum atomic E-state index is 13.9. The summed E-state index contributed by atoms with van der Waals surface area (Å²) in [6.45, 7) is 4.23. The standard InChI is InChI=1S/C23H24F2N2O2/c1-15(2)12-20(16-6-4-3-5-7-16)27-22(28)10-11-23-26-14-21(29-23)18-9-8-17(24)13-19(18)25/h3-9,13-15,20H,10-12H2,1-2H3,(H,27,28). The third-order valence-corrected chi connectivity index (χ3v) is 4.56. The molecule has 0 saturated carbocycles. The van der Waals surface area contributed by atoms with Gasteiger partial charge in [-0.25, -0.2) is 13.8 Å². The number of nitrogens with one attached hydrogen (secondary N) is 1. The Bertz CT molecular complexity index is 955. The minimum Gasteiger partial charge on any atom is -0.441 e. The molecule has 152 valence electrons. The highest BCUT2D eigenvalue weighted by Gasteiger charge is 2.17. The average Bonchev–Trinajstić information content (AvgIpc) is 3.15. The first-order chi connectivity index (χ1) is 13.9. The summed E-state index contributed by atoms with van der Waals surface area (Å²) in [7, 11) is 0. The number of nitrogens with zero attached hydrogens (tertiary/aromatic N) is 1. The van der Waals surface area contributed by atoms with E-state index in [0.717, 1.165) is 24.1 Å². The second-order valence-electron chi connectivity index (χ2n) is 7.40. The third-order valence-electron chi connectivity index (χ3n) is 4.56. The van der Waals surface area contributed by atoms with Gasteiger partial charge in [-0.3, -0.25) is 4.79 Å². The lowest BCUT2D eigenvalue weighted by molar-refractivity contribution is -0.122. The molecule has 0 saturated heterocycles. The van der Waals surface area contributed by atoms with E-state index in [4.69, 9.17) is 4.42 Å². The van der Waals surface area contributed by atoms with Crippen LogP contribution in [0, 0.1) is 17.6 Å². The predicted molar refractivity (Wildman–Crippen MR) is 107 cm³/mol. The van der Waals surface area contributed by atoms with Gasteiger partial charge in [0.1, 0.15) is 11.6 Å². The van der Waals surface area contributed by atoms with Crippen LogP contribution in [0.2, 0.25) is 0 Å². The number of hydrogen-bond donors (Lipinski definition) is 1. The molecular formula is C23H24F2N2O2. The molecule has 1 N–H and O–H groups in total. The first kappa shape index (κ1) is 20.7. The zero-order chi connectivity index (χ0) is 20.8. The molecule has 2 aromatic carbocycles. The SMILES string of the molecule is CC(C)CC(NC(=O)CCc1ncc(-c2ccc(F)cc2F)o1)c1ccccc1. The van der Waals surface area contributed by atoms with Crippen molar-refractivity contribution in [2.75, 3.05) is 0 Å². The van der Waals surface area contributed by atoms with Gasteiger partial charge in [-0.15, -0.1) is 0 Å². The lowest BCUT2D eigenvalue weighted by atomic mass is 9.97. The van der Waals surface area contributed by atoms with Crippen molar-refractivity contribution < 1.29 is 18.0 Å². The molecule has 0 aliphatic carbocycles. The summed E-state index contributed by atoms with van der Waals surface area (Å²) >= 11 is 0. The van der Waals surface area contributed by atoms with Crippen molar-refractivity contribution in [1.82, 2.24) is 10.3 Å². The minimum absolute atomic E-state index is 0.0582. The van der Waals surface area contributed by atoms with Crippen LogP contribution in [0.5, 0.6) is 0 Å². The van der Waals surface area contributed by atoms with E-state index in [1.54, 1.807) is 0 Å². The van der Waals surface area contributed by atoms with E-state index in [1.165, 1.54) is 12.3 Å². The number of oxazole rings is 1. The van der Waals surface area contributed by atoms with Crippen molar-refractivity contribution in [3.63, 3.8) is 0 Å². The van der Waals surface area contributed by atoms with Crippen LogP contribution in [0.25, 0.3) is 11.3 Å². The molecule has 29 heavy (non-hydrogen) atoms. The van der Waals surface area contributed by atoms with Gasteiger partial charge in [0, 0.05) is 18.9 Å². The molecule has 1 atom stereocenters. The molecule has 0 fully saturated rings. The molecule has 3 aromatic rings. The van der Waals surface area contributed by atoms with Gasteiger partial charge in [0.15, 0.2) is 11.7 Å². The second kappa shape index (κ2) is 9.45. The van der Waals surface area contributed by atoms with Crippen molar-refractivity contribution in [2.45, 2.75) is 39.2 Å². The van der Waals surface area contributed by atoms with Crippen molar-refractivity contribution in [3.8, 4) is 11.3 Å². The van der Waals surface area contributed by atoms with Crippen LogP contribution in [0.15, 0.2) is 59.1 Å². The number of hydrogen-bond acceptors (Lipinski definition) is 3. The maximum Gasteiger partial charge on any atom is 0.220 e. The van der Waals surface area contributed by atoms with Crippen LogP contribution in [0.4, 0.5) is 8.78 Å². The zero-order valence-corrected chi connectivity index (χ0v) is 16.5. The highest BCUT2D eigenvalue weighted by atomic mass is 19.1. The lowest BCUT2D eigenvalue weighted by Crippen LogP contribution is -2.29. The number of rotatable bonds is 8. The Morgan fingerprint density at radius 3 is 2.59 bits per heavy atom. The van der Waals surface area contributed by atoms with Gasteiger partial charge in [-0.1, -0.05) is 44.2 Å². The van der Waals surface area contributed by atoms with Gasteiger partial charge in [0.2, 0.25) is 5.91 Å². The molecular weight excluding hydrogens is 374 g/mol. The van der Waals surface area contributed by atoms with Crippen molar-refractivity contribution in [2.24, 2.45) is 5.92 Å². The van der Waals surface area contributed by atoms with Crippen molar-refractivity contribution in [3.05, 3.63) is 77.8 Å². The smallest absolute Gasteiger partial charge is 0.220 e. The topological polar surface area (TPSA) is 55.1 Å². The predicted octanol–water partition coefficient (Wildman–Crippen LogP) is 5.46. The van der Waals surface area contributed by atoms with Crippen LogP contribution >= 0.6 is 0 Å². The number of aromatic nitrogens is 1. The monoisotopic (exact) mass is 398 g/mol. The molecule has 1 amide bonds. The first-order valence-electron chi connectivity index (χ1n) is 9.67. The molecule has 0 radical (unpaired) electrons. The van der Waals surface area contributed by atoms with Crippen LogP contribution in [-0.4, -0.2) is 10.9 Å². The van der Waals surface area contributed by atoms with Crippen LogP contribution in [0.3, 0.4) is 0 Å². The van der Waals surface area contributed by atoms with Gasteiger partial charge in [0.05, 0.1) is 17.8 Å². The number of amides is 1. The Balaban J connectivity index is 1.61. The summed E-state index contributed by atoms with van der Waals surface area (Å²) in [5, 5.41) is 3.08. The van der Waals surface area contributed by atoms with Crippen LogP contribution < -0.4 is 5.32 Å². The summed E-state index contributed by atoms with van der Waals surface area (Å²) in [4.78, 5) is 16.6. The molecule has 3 rings (SSSR count). The fourth-order valence-corrected chi connectivity index (χ4v) is 3.16. The molecule has 1 aromatic heterocycles. The van der Waals surface area contributed by atoms with E-state index >= 15 is 0 Å². The highest BCUT2D eigenvalue weighted by Crippen LogP contribution is 2.25. The third kappa shape index (κ3) is 5.73. The molecule has 1 heterocycles. The lowest BCUT2D eigenvalue weighted by Gasteiger charge is -2.21. The molecule has 0 bridgehead atoms. The highest BCUT2D eigenvalue weighted by molar-refractivity contribution is 5.76. The Morgan fingerprint density at radius 2 is 1.90 bits per heavy atom. The molecule has 4 nitrogen and oxygen atoms in total. The van der Waals surface area contributed by atoms with E-state index in [1.807, 2.05) is 30.3 Å². The van der Waals surface area contributed by atoms with Crippen molar-refractivity contribution >= 4 is 5.91 Å². The van der Waals surface area contributed by atoms with Gasteiger partial charge in [-0.2, -0.15) is 0 Å². The summed E-state index contributed by atoms with van der Waals surface area (Å²) < 4.78 is 32.5. The normalized spacial score (nSPS) is 12.2. The van der Waals surface area contributed by atoms with Gasteiger partial charge >= 0.3 is 0 Å². The van der Waals surface area contributed by atoms with Crippen LogP contribution in [-0.2, 0) is 11.2 Å². The fraction of sp³-hybridized carbons (Fsp3) is 0.304. The summed E-state index contributed by atoms with van der Waals surface area (Å²) in [5.74, 6) is -0.506. The van der Waals surface area contributed by atoms with E-state index in [-0.39, 0.29) is 36.1 Å². The van der Waals surface area contributed by atoms with Crippen LogP contribution in [0.1, 0.15) is 44.2 Å². The first-order valence-corrected chi connectivity index (χ1v) is 9.67. The number of carbonyl (C=O) groups excluding carboxylic acids is 1. The van der Waals surface area contributed by atoms with Gasteiger partial charge < -0.3 is 9.73 Å². The molecule has 0 aliphatic rings. The maximum absolute atomic E-state index is 13.9. The average molecular weight is 398 g/mol. The molecule has 0 spiro atoms. The second-order valence-corrected chi connectivity index (χ2v) is 7.40. The number of halogens is 2. The van der Waals surface area contributed by atoms with Crippen molar-refractivity contribution in [1.29, 1.82) is 0 Å². The fourth-order valence-electron chi connectivity index (χ4n) is 3.16. The minimum atomic E-state index is -0.718. The molecule has 0 aliphatic heterocycles. The zero-order valence-electron chi connectivity index (χ0n) is 16.5. The molecule has 6 heteroatoms. The van der Waals surface area contributed by atoms with Gasteiger partial charge in [0.25, 0.3) is 0 Å². The Morgan fingerprint density at radius 1 is 1.14 bits per heavy atom. The van der Waals surface area contributed by atoms with Gasteiger partial charge in [-0.05, 0) is 30.0 Å². The quantitative estimate of drug-likeness (QED) is 0.548. The van der Waals surface area contributed by atoms with E-state index in [9.17, 15) is 13.6 Å². The van der Waals surface area contributed by atoms with E-state index in [2.05, 4.69) is 24.1 Å². The summed E-state index contributed by atoms with van der Waals surface area (Å²) in [6.07, 6.45) is 2.71. The van der Waals surface area contributed by atoms with E-state index in [0.29, 0.717) is 11.8 Å². The largest absolute Gasteiger partial charge is 0.441 e.